The van der Waals surface area contributed by atoms with E-state index in [-0.39, 0.29) is 0 Å². The zero-order valence-electron chi connectivity index (χ0n) is 12.7. The standard InChI is InChI=1S/C17H27ClN2/c1-3-5-17(14-6-8-15(18)9-7-14)19-16-10-12-20(4-2)13-11-16/h6-9,16-17,19H,3-5,10-13H2,1-2H3. The van der Waals surface area contributed by atoms with E-state index in [1.165, 1.54) is 50.9 Å². The van der Waals surface area contributed by atoms with Crippen molar-refractivity contribution in [3.63, 3.8) is 0 Å². The summed E-state index contributed by atoms with van der Waals surface area (Å²) in [6, 6.07) is 9.45. The average Bonchev–Trinajstić information content (AvgIpc) is 2.48. The molecule has 1 fully saturated rings. The second kappa shape index (κ2) is 8.02. The Labute approximate surface area is 128 Å². The van der Waals surface area contributed by atoms with E-state index in [4.69, 9.17) is 11.6 Å². The Morgan fingerprint density at radius 2 is 1.85 bits per heavy atom. The lowest BCUT2D eigenvalue weighted by Gasteiger charge is -2.34. The summed E-state index contributed by atoms with van der Waals surface area (Å²) in [5.74, 6) is 0. The number of benzene rings is 1. The average molecular weight is 295 g/mol. The molecule has 0 saturated carbocycles. The number of nitrogens with zero attached hydrogens (tertiary/aromatic N) is 1. The van der Waals surface area contributed by atoms with E-state index in [1.54, 1.807) is 0 Å². The Kier molecular flexibility index (Phi) is 6.34. The largest absolute Gasteiger partial charge is 0.307 e. The first-order valence-corrected chi connectivity index (χ1v) is 8.34. The zero-order chi connectivity index (χ0) is 14.4. The highest BCUT2D eigenvalue weighted by Gasteiger charge is 2.21. The van der Waals surface area contributed by atoms with Crippen molar-refractivity contribution >= 4 is 11.6 Å². The maximum Gasteiger partial charge on any atom is 0.0406 e. The number of piperidine rings is 1. The van der Waals surface area contributed by atoms with Gasteiger partial charge in [0.1, 0.15) is 0 Å². The van der Waals surface area contributed by atoms with E-state index < -0.39 is 0 Å². The van der Waals surface area contributed by atoms with Gasteiger partial charge >= 0.3 is 0 Å². The molecule has 0 radical (unpaired) electrons. The first-order chi connectivity index (χ1) is 9.72. The van der Waals surface area contributed by atoms with Gasteiger partial charge in [-0.1, -0.05) is 44.0 Å². The predicted molar refractivity (Wildman–Crippen MR) is 87.4 cm³/mol. The molecule has 1 aliphatic rings. The van der Waals surface area contributed by atoms with Crippen LogP contribution in [-0.4, -0.2) is 30.6 Å². The van der Waals surface area contributed by atoms with E-state index in [0.717, 1.165) is 5.02 Å². The van der Waals surface area contributed by atoms with E-state index in [9.17, 15) is 0 Å². The Morgan fingerprint density at radius 1 is 1.20 bits per heavy atom. The van der Waals surface area contributed by atoms with Crippen LogP contribution in [0.2, 0.25) is 5.02 Å². The fourth-order valence-corrected chi connectivity index (χ4v) is 3.16. The highest BCUT2D eigenvalue weighted by molar-refractivity contribution is 6.30. The van der Waals surface area contributed by atoms with Gasteiger partial charge in [0.05, 0.1) is 0 Å². The monoisotopic (exact) mass is 294 g/mol. The van der Waals surface area contributed by atoms with Crippen LogP contribution in [0.25, 0.3) is 0 Å². The molecule has 0 spiro atoms. The molecule has 3 heteroatoms. The van der Waals surface area contributed by atoms with Crippen molar-refractivity contribution in [3.8, 4) is 0 Å². The van der Waals surface area contributed by atoms with Crippen LogP contribution in [0.5, 0.6) is 0 Å². The van der Waals surface area contributed by atoms with Gasteiger partial charge in [0.2, 0.25) is 0 Å². The minimum absolute atomic E-state index is 0.468. The molecule has 1 N–H and O–H groups in total. The first kappa shape index (κ1) is 15.8. The molecular formula is C17H27ClN2. The van der Waals surface area contributed by atoms with Crippen molar-refractivity contribution in [2.24, 2.45) is 0 Å². The first-order valence-electron chi connectivity index (χ1n) is 7.96. The van der Waals surface area contributed by atoms with Gasteiger partial charge in [-0.15, -0.1) is 0 Å². The SMILES string of the molecule is CCCC(NC1CCN(CC)CC1)c1ccc(Cl)cc1. The number of nitrogens with one attached hydrogen (secondary N) is 1. The van der Waals surface area contributed by atoms with Crippen molar-refractivity contribution in [2.75, 3.05) is 19.6 Å². The lowest BCUT2D eigenvalue weighted by atomic mass is 9.98. The molecule has 2 nitrogen and oxygen atoms in total. The number of halogens is 1. The van der Waals surface area contributed by atoms with Gasteiger partial charge in [-0.05, 0) is 56.6 Å². The fraction of sp³-hybridized carbons (Fsp3) is 0.647. The van der Waals surface area contributed by atoms with Gasteiger partial charge in [-0.25, -0.2) is 0 Å². The minimum Gasteiger partial charge on any atom is -0.307 e. The normalized spacial score (nSPS) is 19.1. The molecule has 1 aromatic rings. The molecule has 0 aliphatic carbocycles. The molecule has 1 unspecified atom stereocenters. The molecular weight excluding hydrogens is 268 g/mol. The van der Waals surface area contributed by atoms with Crippen LogP contribution >= 0.6 is 11.6 Å². The van der Waals surface area contributed by atoms with Crippen molar-refractivity contribution in [1.82, 2.24) is 10.2 Å². The third kappa shape index (κ3) is 4.47. The van der Waals surface area contributed by atoms with Gasteiger partial charge in [0.15, 0.2) is 0 Å². The molecule has 0 amide bonds. The molecule has 1 aliphatic heterocycles. The summed E-state index contributed by atoms with van der Waals surface area (Å²) >= 11 is 5.99. The quantitative estimate of drug-likeness (QED) is 0.843. The number of hydrogen-bond donors (Lipinski definition) is 1. The third-order valence-corrected chi connectivity index (χ3v) is 4.57. The third-order valence-electron chi connectivity index (χ3n) is 4.32. The molecule has 1 atom stereocenters. The van der Waals surface area contributed by atoms with Crippen LogP contribution in [-0.2, 0) is 0 Å². The van der Waals surface area contributed by atoms with Crippen LogP contribution in [0, 0.1) is 0 Å². The summed E-state index contributed by atoms with van der Waals surface area (Å²) in [7, 11) is 0. The van der Waals surface area contributed by atoms with Crippen molar-refractivity contribution in [3.05, 3.63) is 34.9 Å². The van der Waals surface area contributed by atoms with Gasteiger partial charge in [0, 0.05) is 17.1 Å². The Balaban J connectivity index is 1.94. The van der Waals surface area contributed by atoms with Crippen LogP contribution in [0.15, 0.2) is 24.3 Å². The minimum atomic E-state index is 0.468. The van der Waals surface area contributed by atoms with Gasteiger partial charge < -0.3 is 10.2 Å². The molecule has 2 rings (SSSR count). The Hall–Kier alpha value is -0.570. The summed E-state index contributed by atoms with van der Waals surface area (Å²) in [4.78, 5) is 2.54. The van der Waals surface area contributed by atoms with Crippen LogP contribution < -0.4 is 5.32 Å². The van der Waals surface area contributed by atoms with E-state index in [2.05, 4.69) is 36.2 Å². The lowest BCUT2D eigenvalue weighted by molar-refractivity contribution is 0.197. The molecule has 1 heterocycles. The van der Waals surface area contributed by atoms with Gasteiger partial charge in [-0.2, -0.15) is 0 Å². The molecule has 0 bridgehead atoms. The van der Waals surface area contributed by atoms with Crippen molar-refractivity contribution in [2.45, 2.75) is 51.6 Å². The topological polar surface area (TPSA) is 15.3 Å². The zero-order valence-corrected chi connectivity index (χ0v) is 13.5. The highest BCUT2D eigenvalue weighted by Crippen LogP contribution is 2.23. The van der Waals surface area contributed by atoms with Gasteiger partial charge in [0.25, 0.3) is 0 Å². The molecule has 1 aromatic carbocycles. The van der Waals surface area contributed by atoms with E-state index >= 15 is 0 Å². The molecule has 0 aromatic heterocycles. The van der Waals surface area contributed by atoms with Gasteiger partial charge in [-0.3, -0.25) is 0 Å². The predicted octanol–water partition coefficient (Wildman–Crippen LogP) is 4.26. The molecule has 20 heavy (non-hydrogen) atoms. The lowest BCUT2D eigenvalue weighted by Crippen LogP contribution is -2.43. The van der Waals surface area contributed by atoms with Crippen LogP contribution in [0.4, 0.5) is 0 Å². The number of rotatable bonds is 6. The summed E-state index contributed by atoms with van der Waals surface area (Å²) in [6.45, 7) is 8.15. The number of likely N-dealkylation sites (tertiary alicyclic amines) is 1. The van der Waals surface area contributed by atoms with E-state index in [0.29, 0.717) is 12.1 Å². The molecule has 112 valence electrons. The van der Waals surface area contributed by atoms with Crippen LogP contribution in [0.3, 0.4) is 0 Å². The summed E-state index contributed by atoms with van der Waals surface area (Å²) in [5.41, 5.74) is 1.37. The smallest absolute Gasteiger partial charge is 0.0406 e. The Bertz CT molecular complexity index is 382. The highest BCUT2D eigenvalue weighted by atomic mass is 35.5. The second-order valence-corrected chi connectivity index (χ2v) is 6.20. The summed E-state index contributed by atoms with van der Waals surface area (Å²) < 4.78 is 0. The summed E-state index contributed by atoms with van der Waals surface area (Å²) in [5, 5.41) is 4.69. The Morgan fingerprint density at radius 3 is 2.40 bits per heavy atom. The van der Waals surface area contributed by atoms with Crippen LogP contribution in [0.1, 0.15) is 51.1 Å². The molecule has 1 saturated heterocycles. The maximum absolute atomic E-state index is 5.99. The van der Waals surface area contributed by atoms with E-state index in [1.807, 2.05) is 12.1 Å². The second-order valence-electron chi connectivity index (χ2n) is 5.77. The van der Waals surface area contributed by atoms with Crippen molar-refractivity contribution < 1.29 is 0 Å². The van der Waals surface area contributed by atoms with Crippen molar-refractivity contribution in [1.29, 1.82) is 0 Å². The fourth-order valence-electron chi connectivity index (χ4n) is 3.03. The number of hydrogen-bond acceptors (Lipinski definition) is 2. The maximum atomic E-state index is 5.99. The summed E-state index contributed by atoms with van der Waals surface area (Å²) in [6.07, 6.45) is 4.92.